The van der Waals surface area contributed by atoms with Crippen LogP contribution in [0.15, 0.2) is 45.2 Å². The van der Waals surface area contributed by atoms with Gasteiger partial charge in [-0.15, -0.1) is 11.3 Å². The zero-order valence-corrected chi connectivity index (χ0v) is 12.0. The lowest BCUT2D eigenvalue weighted by molar-refractivity contribution is 0.621. The van der Waals surface area contributed by atoms with E-state index in [-0.39, 0.29) is 11.4 Å². The second-order valence-electron chi connectivity index (χ2n) is 4.09. The zero-order valence-electron chi connectivity index (χ0n) is 9.64. The first-order chi connectivity index (χ1) is 9.13. The average molecular weight is 339 g/mol. The van der Waals surface area contributed by atoms with Crippen LogP contribution in [0.25, 0.3) is 10.2 Å². The molecule has 2 aromatic heterocycles. The van der Waals surface area contributed by atoms with Crippen molar-refractivity contribution in [3.8, 4) is 0 Å². The highest BCUT2D eigenvalue weighted by Crippen LogP contribution is 2.17. The van der Waals surface area contributed by atoms with Crippen LogP contribution in [-0.2, 0) is 6.54 Å². The molecule has 0 amide bonds. The lowest BCUT2D eigenvalue weighted by Crippen LogP contribution is -2.20. The maximum atomic E-state index is 13.3. The van der Waals surface area contributed by atoms with Gasteiger partial charge in [0.1, 0.15) is 10.5 Å². The lowest BCUT2D eigenvalue weighted by atomic mass is 10.2. The largest absolute Gasteiger partial charge is 0.294 e. The van der Waals surface area contributed by atoms with Gasteiger partial charge < -0.3 is 0 Å². The maximum absolute atomic E-state index is 13.3. The Morgan fingerprint density at radius 1 is 1.37 bits per heavy atom. The van der Waals surface area contributed by atoms with Crippen molar-refractivity contribution in [2.24, 2.45) is 0 Å². The molecule has 0 saturated carbocycles. The van der Waals surface area contributed by atoms with Gasteiger partial charge in [0.2, 0.25) is 0 Å². The monoisotopic (exact) mass is 338 g/mol. The van der Waals surface area contributed by atoms with Crippen LogP contribution in [0.5, 0.6) is 0 Å². The summed E-state index contributed by atoms with van der Waals surface area (Å²) in [5, 5.41) is 1.84. The third kappa shape index (κ3) is 2.46. The Bertz CT molecular complexity index is 792. The zero-order chi connectivity index (χ0) is 13.4. The van der Waals surface area contributed by atoms with E-state index >= 15 is 0 Å². The smallest absolute Gasteiger partial charge is 0.271 e. The predicted octanol–water partition coefficient (Wildman–Crippen LogP) is 3.41. The molecule has 96 valence electrons. The number of rotatable bonds is 2. The van der Waals surface area contributed by atoms with Crippen LogP contribution in [0.1, 0.15) is 5.56 Å². The molecule has 6 heteroatoms. The van der Waals surface area contributed by atoms with Crippen LogP contribution in [0.2, 0.25) is 0 Å². The van der Waals surface area contributed by atoms with Crippen molar-refractivity contribution in [3.05, 3.63) is 62.2 Å². The van der Waals surface area contributed by atoms with Crippen LogP contribution in [-0.4, -0.2) is 9.55 Å². The van der Waals surface area contributed by atoms with Crippen molar-refractivity contribution in [2.45, 2.75) is 6.54 Å². The Balaban J connectivity index is 2.05. The molecule has 0 saturated heterocycles. The molecule has 0 radical (unpaired) electrons. The van der Waals surface area contributed by atoms with E-state index in [2.05, 4.69) is 20.9 Å². The molecule has 0 aliphatic heterocycles. The minimum atomic E-state index is -0.331. The van der Waals surface area contributed by atoms with Crippen molar-refractivity contribution in [1.29, 1.82) is 0 Å². The van der Waals surface area contributed by atoms with Gasteiger partial charge in [-0.1, -0.05) is 15.9 Å². The molecule has 3 nitrogen and oxygen atoms in total. The number of benzene rings is 1. The Morgan fingerprint density at radius 3 is 3.00 bits per heavy atom. The number of halogens is 2. The molecule has 19 heavy (non-hydrogen) atoms. The number of thiophene rings is 1. The molecule has 0 aliphatic carbocycles. The van der Waals surface area contributed by atoms with Crippen LogP contribution < -0.4 is 5.56 Å². The van der Waals surface area contributed by atoms with Gasteiger partial charge in [0.25, 0.3) is 5.56 Å². The highest BCUT2D eigenvalue weighted by Gasteiger charge is 2.06. The van der Waals surface area contributed by atoms with E-state index in [4.69, 9.17) is 0 Å². The summed E-state index contributed by atoms with van der Waals surface area (Å²) in [4.78, 5) is 16.4. The molecular weight excluding hydrogens is 331 g/mol. The van der Waals surface area contributed by atoms with Gasteiger partial charge >= 0.3 is 0 Å². The van der Waals surface area contributed by atoms with Gasteiger partial charge in [-0.25, -0.2) is 9.37 Å². The number of fused-ring (bicyclic) bond motifs is 1. The average Bonchev–Trinajstić information content (AvgIpc) is 2.80. The third-order valence-corrected chi connectivity index (χ3v) is 4.06. The molecule has 0 unspecified atom stereocenters. The first kappa shape index (κ1) is 12.5. The molecule has 3 aromatic rings. The quantitative estimate of drug-likeness (QED) is 0.717. The summed E-state index contributed by atoms with van der Waals surface area (Å²) in [6.07, 6.45) is 1.50. The molecule has 0 N–H and O–H groups in total. The topological polar surface area (TPSA) is 34.9 Å². The highest BCUT2D eigenvalue weighted by molar-refractivity contribution is 9.10. The Kier molecular flexibility index (Phi) is 3.20. The summed E-state index contributed by atoms with van der Waals surface area (Å²) in [6, 6.07) is 6.39. The Morgan fingerprint density at radius 2 is 2.21 bits per heavy atom. The summed E-state index contributed by atoms with van der Waals surface area (Å²) >= 11 is 4.60. The first-order valence-electron chi connectivity index (χ1n) is 5.51. The number of hydrogen-bond acceptors (Lipinski definition) is 3. The molecule has 0 bridgehead atoms. The Labute approximate surface area is 120 Å². The van der Waals surface area contributed by atoms with Gasteiger partial charge in [0.15, 0.2) is 0 Å². The van der Waals surface area contributed by atoms with E-state index in [9.17, 15) is 9.18 Å². The van der Waals surface area contributed by atoms with E-state index in [0.29, 0.717) is 26.8 Å². The molecular formula is C13H8BrFN2OS. The summed E-state index contributed by atoms with van der Waals surface area (Å²) < 4.78 is 16.1. The standard InChI is InChI=1S/C13H8BrFN2OS/c14-9-3-8(4-10(15)5-9)6-17-7-16-11-1-2-19-12(11)13(17)18/h1-5,7H,6H2. The fraction of sp³-hybridized carbons (Fsp3) is 0.0769. The molecule has 3 rings (SSSR count). The summed E-state index contributed by atoms with van der Waals surface area (Å²) in [7, 11) is 0. The summed E-state index contributed by atoms with van der Waals surface area (Å²) in [5.74, 6) is -0.331. The molecule has 1 aromatic carbocycles. The Hall–Kier alpha value is -1.53. The summed E-state index contributed by atoms with van der Waals surface area (Å²) in [6.45, 7) is 0.302. The maximum Gasteiger partial charge on any atom is 0.271 e. The van der Waals surface area contributed by atoms with Crippen molar-refractivity contribution >= 4 is 37.5 Å². The lowest BCUT2D eigenvalue weighted by Gasteiger charge is -2.06. The van der Waals surface area contributed by atoms with Gasteiger partial charge in [-0.2, -0.15) is 0 Å². The number of aromatic nitrogens is 2. The van der Waals surface area contributed by atoms with E-state index in [1.807, 2.05) is 11.4 Å². The van der Waals surface area contributed by atoms with Crippen molar-refractivity contribution in [3.63, 3.8) is 0 Å². The van der Waals surface area contributed by atoms with Gasteiger partial charge in [0, 0.05) is 4.47 Å². The van der Waals surface area contributed by atoms with Crippen molar-refractivity contribution in [2.75, 3.05) is 0 Å². The van der Waals surface area contributed by atoms with E-state index in [0.717, 1.165) is 0 Å². The van der Waals surface area contributed by atoms with Gasteiger partial charge in [0.05, 0.1) is 18.4 Å². The predicted molar refractivity (Wildman–Crippen MR) is 77.1 cm³/mol. The second kappa shape index (κ2) is 4.86. The van der Waals surface area contributed by atoms with Crippen molar-refractivity contribution in [1.82, 2.24) is 9.55 Å². The van der Waals surface area contributed by atoms with Crippen LogP contribution in [0.4, 0.5) is 4.39 Å². The van der Waals surface area contributed by atoms with Crippen molar-refractivity contribution < 1.29 is 4.39 Å². The van der Waals surface area contributed by atoms with E-state index in [1.165, 1.54) is 34.4 Å². The fourth-order valence-electron chi connectivity index (χ4n) is 1.89. The fourth-order valence-corrected chi connectivity index (χ4v) is 3.20. The number of nitrogens with zero attached hydrogens (tertiary/aromatic N) is 2. The molecule has 0 atom stereocenters. The van der Waals surface area contributed by atoms with Crippen LogP contribution in [0, 0.1) is 5.82 Å². The highest BCUT2D eigenvalue weighted by atomic mass is 79.9. The number of hydrogen-bond donors (Lipinski definition) is 0. The van der Waals surface area contributed by atoms with Gasteiger partial charge in [-0.3, -0.25) is 9.36 Å². The van der Waals surface area contributed by atoms with Crippen LogP contribution >= 0.6 is 27.3 Å². The molecule has 0 fully saturated rings. The molecule has 2 heterocycles. The van der Waals surface area contributed by atoms with Crippen LogP contribution in [0.3, 0.4) is 0 Å². The molecule has 0 aliphatic rings. The van der Waals surface area contributed by atoms with E-state index in [1.54, 1.807) is 6.07 Å². The van der Waals surface area contributed by atoms with Gasteiger partial charge in [-0.05, 0) is 35.2 Å². The third-order valence-electron chi connectivity index (χ3n) is 2.71. The summed E-state index contributed by atoms with van der Waals surface area (Å²) in [5.41, 5.74) is 1.32. The molecule has 0 spiro atoms. The second-order valence-corrected chi connectivity index (χ2v) is 5.92. The minimum Gasteiger partial charge on any atom is -0.294 e. The normalized spacial score (nSPS) is 11.1. The SMILES string of the molecule is O=c1c2sccc2ncn1Cc1cc(F)cc(Br)c1. The van der Waals surface area contributed by atoms with E-state index < -0.39 is 0 Å². The first-order valence-corrected chi connectivity index (χ1v) is 7.18. The minimum absolute atomic E-state index is 0.0969.